The van der Waals surface area contributed by atoms with Crippen LogP contribution in [-0.4, -0.2) is 65.4 Å². The highest BCUT2D eigenvalue weighted by molar-refractivity contribution is 7.92. The van der Waals surface area contributed by atoms with Gasteiger partial charge in [0, 0.05) is 44.1 Å². The lowest BCUT2D eigenvalue weighted by Gasteiger charge is -2.40. The predicted molar refractivity (Wildman–Crippen MR) is 192 cm³/mol. The number of unbranched alkanes of at least 4 members (excludes halogenated alkanes) is 1. The van der Waals surface area contributed by atoms with E-state index in [4.69, 9.17) is 0 Å². The highest BCUT2D eigenvalue weighted by Gasteiger charge is 2.69. The maximum Gasteiger partial charge on any atom is 0.227 e. The Morgan fingerprint density at radius 3 is 2.04 bits per heavy atom. The van der Waals surface area contributed by atoms with Crippen molar-refractivity contribution in [3.05, 3.63) is 0 Å². The minimum atomic E-state index is -3.46. The van der Waals surface area contributed by atoms with Crippen molar-refractivity contribution in [2.45, 2.75) is 163 Å². The topological polar surface area (TPSA) is 123 Å². The van der Waals surface area contributed by atoms with Crippen LogP contribution in [-0.2, 0) is 33.8 Å². The molecule has 4 rings (SSSR count). The molecule has 0 aromatic rings. The molecule has 49 heavy (non-hydrogen) atoms. The Labute approximate surface area is 296 Å². The average molecular weight is 704 g/mol. The van der Waals surface area contributed by atoms with E-state index in [1.165, 1.54) is 0 Å². The van der Waals surface area contributed by atoms with Gasteiger partial charge in [-0.3, -0.25) is 24.0 Å². The van der Waals surface area contributed by atoms with Gasteiger partial charge in [0.25, 0.3) is 0 Å². The molecule has 3 saturated carbocycles. The van der Waals surface area contributed by atoms with E-state index in [1.807, 2.05) is 27.7 Å². The molecule has 0 N–H and O–H groups in total. The number of sulfone groups is 1. The van der Waals surface area contributed by atoms with Crippen LogP contribution in [0.5, 0.6) is 0 Å². The summed E-state index contributed by atoms with van der Waals surface area (Å²) in [6.07, 6.45) is 8.58. The molecule has 0 spiro atoms. The van der Waals surface area contributed by atoms with E-state index in [-0.39, 0.29) is 71.9 Å². The van der Waals surface area contributed by atoms with Gasteiger partial charge in [-0.05, 0) is 86.9 Å². The van der Waals surface area contributed by atoms with Crippen LogP contribution in [0.25, 0.3) is 0 Å². The van der Waals surface area contributed by atoms with Crippen LogP contribution >= 0.6 is 0 Å². The molecule has 1 aliphatic heterocycles. The molecular weight excluding hydrogens is 639 g/mol. The third kappa shape index (κ3) is 9.13. The van der Waals surface area contributed by atoms with Gasteiger partial charge >= 0.3 is 0 Å². The van der Waals surface area contributed by atoms with E-state index in [0.29, 0.717) is 31.7 Å². The van der Waals surface area contributed by atoms with Gasteiger partial charge in [0.15, 0.2) is 21.4 Å². The first kappa shape index (κ1) is 39.9. The molecule has 0 aromatic carbocycles. The van der Waals surface area contributed by atoms with Gasteiger partial charge in [-0.15, -0.1) is 0 Å². The van der Waals surface area contributed by atoms with Gasteiger partial charge in [0.2, 0.25) is 11.7 Å². The first-order chi connectivity index (χ1) is 22.5. The van der Waals surface area contributed by atoms with Crippen molar-refractivity contribution in [2.24, 2.45) is 45.8 Å². The predicted octanol–water partition coefficient (Wildman–Crippen LogP) is 7.35. The number of Topliss-reactive ketones (excluding diaryl/α,β-unsaturated/α-hetero) is 4. The minimum Gasteiger partial charge on any atom is -0.332 e. The lowest BCUT2D eigenvalue weighted by Crippen LogP contribution is -2.51. The standard InChI is InChI=1S/C40H65NO7S/c1-10-11-15-27(35(45)32(44)20-26-16-17-26)21-31(43)34-33-30(39(33,8)9)24-41(34)36(46)29(37(2,3)4)22-28(42)23-40(18-13-12-14-19-40)25-49(47,48)38(5,6)7/h26-27,29-30,33-34H,10-25H2,1-9H3/t27-,29-,30+,33+,34+/m1/s1. The van der Waals surface area contributed by atoms with Gasteiger partial charge in [0.1, 0.15) is 5.78 Å². The molecule has 0 radical (unpaired) electrons. The number of amides is 1. The van der Waals surface area contributed by atoms with Gasteiger partial charge in [-0.2, -0.15) is 0 Å². The van der Waals surface area contributed by atoms with Crippen molar-refractivity contribution in [3.8, 4) is 0 Å². The summed E-state index contributed by atoms with van der Waals surface area (Å²) < 4.78 is 25.8. The molecule has 8 nitrogen and oxygen atoms in total. The van der Waals surface area contributed by atoms with Crippen LogP contribution < -0.4 is 0 Å². The summed E-state index contributed by atoms with van der Waals surface area (Å²) in [5, 5.41) is 0. The number of carbonyl (C=O) groups is 5. The fourth-order valence-corrected chi connectivity index (χ4v) is 10.5. The Balaban J connectivity index is 1.54. The monoisotopic (exact) mass is 703 g/mol. The molecule has 4 aliphatic rings. The number of carbonyl (C=O) groups excluding carboxylic acids is 5. The molecule has 0 bridgehead atoms. The highest BCUT2D eigenvalue weighted by atomic mass is 32.2. The minimum absolute atomic E-state index is 0.00304. The van der Waals surface area contributed by atoms with Crippen LogP contribution in [0, 0.1) is 45.8 Å². The quantitative estimate of drug-likeness (QED) is 0.145. The molecule has 9 heteroatoms. The number of hydrogen-bond donors (Lipinski definition) is 0. The summed E-state index contributed by atoms with van der Waals surface area (Å²) in [5.41, 5.74) is -1.31. The number of fused-ring (bicyclic) bond motifs is 1. The molecule has 0 aromatic heterocycles. The summed E-state index contributed by atoms with van der Waals surface area (Å²) in [4.78, 5) is 70.7. The second-order valence-corrected chi connectivity index (χ2v) is 21.8. The fourth-order valence-electron chi connectivity index (χ4n) is 8.91. The molecule has 0 unspecified atom stereocenters. The van der Waals surface area contributed by atoms with Crippen molar-refractivity contribution < 1.29 is 32.4 Å². The van der Waals surface area contributed by atoms with Gasteiger partial charge < -0.3 is 4.90 Å². The molecule has 1 heterocycles. The zero-order valence-corrected chi connectivity index (χ0v) is 32.8. The van der Waals surface area contributed by atoms with Crippen LogP contribution in [0.4, 0.5) is 0 Å². The Kier molecular flexibility index (Phi) is 11.9. The number of hydrogen-bond acceptors (Lipinski definition) is 7. The smallest absolute Gasteiger partial charge is 0.227 e. The Morgan fingerprint density at radius 2 is 1.51 bits per heavy atom. The maximum atomic E-state index is 14.6. The van der Waals surface area contributed by atoms with Crippen LogP contribution in [0.2, 0.25) is 0 Å². The number of rotatable bonds is 17. The highest BCUT2D eigenvalue weighted by Crippen LogP contribution is 2.65. The van der Waals surface area contributed by atoms with E-state index in [0.717, 1.165) is 44.9 Å². The molecule has 1 saturated heterocycles. The van der Waals surface area contributed by atoms with Crippen LogP contribution in [0.3, 0.4) is 0 Å². The normalized spacial score (nSPS) is 26.1. The van der Waals surface area contributed by atoms with E-state index in [9.17, 15) is 32.4 Å². The Morgan fingerprint density at radius 1 is 0.898 bits per heavy atom. The molecule has 5 atom stereocenters. The summed E-state index contributed by atoms with van der Waals surface area (Å²) in [6, 6.07) is -0.676. The Hall–Kier alpha value is -1.90. The van der Waals surface area contributed by atoms with Gasteiger partial charge in [-0.25, -0.2) is 8.42 Å². The number of piperidine rings is 1. The van der Waals surface area contributed by atoms with Gasteiger partial charge in [0.05, 0.1) is 16.5 Å². The van der Waals surface area contributed by atoms with Crippen molar-refractivity contribution in [2.75, 3.05) is 12.3 Å². The third-order valence-electron chi connectivity index (χ3n) is 12.7. The SMILES string of the molecule is CCCC[C@H](CC(=O)[C@H]1[C@@H]2[C@H](CN1C(=O)[C@@H](CC(=O)CC1(CS(=O)(=O)C(C)(C)C)CCCCC1)C(C)(C)C)C2(C)C)C(=O)C(=O)CC1CC1. The summed E-state index contributed by atoms with van der Waals surface area (Å²) in [6.45, 7) is 17.7. The van der Waals surface area contributed by atoms with Crippen LogP contribution in [0.15, 0.2) is 0 Å². The largest absolute Gasteiger partial charge is 0.332 e. The van der Waals surface area contributed by atoms with E-state index >= 15 is 0 Å². The van der Waals surface area contributed by atoms with Crippen molar-refractivity contribution in [1.29, 1.82) is 0 Å². The van der Waals surface area contributed by atoms with E-state index < -0.39 is 49.1 Å². The lowest BCUT2D eigenvalue weighted by atomic mass is 9.70. The zero-order valence-electron chi connectivity index (χ0n) is 32.0. The molecule has 278 valence electrons. The van der Waals surface area contributed by atoms with Crippen molar-refractivity contribution in [1.82, 2.24) is 4.90 Å². The average Bonchev–Trinajstić information content (AvgIpc) is 3.83. The Bertz CT molecular complexity index is 1390. The molecule has 4 fully saturated rings. The van der Waals surface area contributed by atoms with Crippen molar-refractivity contribution >= 4 is 38.9 Å². The summed E-state index contributed by atoms with van der Waals surface area (Å²) >= 11 is 0. The van der Waals surface area contributed by atoms with Crippen LogP contribution in [0.1, 0.15) is 152 Å². The fraction of sp³-hybridized carbons (Fsp3) is 0.875. The summed E-state index contributed by atoms with van der Waals surface area (Å²) in [5.74, 6) is -2.15. The third-order valence-corrected chi connectivity index (χ3v) is 15.5. The maximum absolute atomic E-state index is 14.6. The molecule has 1 amide bonds. The summed E-state index contributed by atoms with van der Waals surface area (Å²) in [7, 11) is -3.46. The van der Waals surface area contributed by atoms with E-state index in [1.54, 1.807) is 25.7 Å². The second-order valence-electron chi connectivity index (χ2n) is 19.1. The first-order valence-corrected chi connectivity index (χ1v) is 20.8. The van der Waals surface area contributed by atoms with Gasteiger partial charge in [-0.1, -0.05) is 73.6 Å². The first-order valence-electron chi connectivity index (χ1n) is 19.2. The van der Waals surface area contributed by atoms with E-state index in [2.05, 4.69) is 13.8 Å². The number of nitrogens with zero attached hydrogens (tertiary/aromatic N) is 1. The lowest BCUT2D eigenvalue weighted by molar-refractivity contribution is -0.148. The zero-order chi connectivity index (χ0) is 36.7. The molecular formula is C40H65NO7S. The number of likely N-dealkylation sites (tertiary alicyclic amines) is 1. The molecule has 3 aliphatic carbocycles. The van der Waals surface area contributed by atoms with Crippen molar-refractivity contribution in [3.63, 3.8) is 0 Å². The number of ketones is 4. The second kappa shape index (κ2) is 14.6.